The first-order valence-electron chi connectivity index (χ1n) is 7.49. The van der Waals surface area contributed by atoms with Crippen LogP contribution in [0, 0.1) is 0 Å². The summed E-state index contributed by atoms with van der Waals surface area (Å²) < 4.78 is 33.9. The predicted octanol–water partition coefficient (Wildman–Crippen LogP) is 0.548. The molecule has 0 radical (unpaired) electrons. The molecule has 4 N–H and O–H groups in total. The monoisotopic (exact) mass is 390 g/mol. The lowest BCUT2D eigenvalue weighted by atomic mass is 10.2. The molecule has 1 rings (SSSR count). The van der Waals surface area contributed by atoms with Crippen LogP contribution in [0.4, 0.5) is 8.78 Å². The molecule has 0 fully saturated rings. The van der Waals surface area contributed by atoms with E-state index < -0.39 is 25.0 Å². The highest BCUT2D eigenvalue weighted by atomic mass is 32.1. The molecule has 0 aliphatic rings. The Morgan fingerprint density at radius 1 is 1.23 bits per heavy atom. The largest absolute Gasteiger partial charge is 0.434 e. The number of thiocarbonyl (C=S) groups is 1. The highest BCUT2D eigenvalue weighted by Crippen LogP contribution is 2.19. The van der Waals surface area contributed by atoms with Crippen LogP contribution in [0.5, 0.6) is 5.75 Å². The highest BCUT2D eigenvalue weighted by Gasteiger charge is 2.16. The van der Waals surface area contributed by atoms with E-state index in [9.17, 15) is 18.4 Å². The van der Waals surface area contributed by atoms with E-state index in [1.807, 2.05) is 6.92 Å². The number of methoxy groups -OCH3 is 1. The van der Waals surface area contributed by atoms with E-state index in [0.717, 1.165) is 0 Å². The van der Waals surface area contributed by atoms with E-state index in [1.54, 1.807) is 7.11 Å². The molecule has 26 heavy (non-hydrogen) atoms. The number of ether oxygens (including phenoxy) is 2. The number of para-hydroxylation sites is 1. The van der Waals surface area contributed by atoms with Gasteiger partial charge in [-0.05, 0) is 31.3 Å². The van der Waals surface area contributed by atoms with Gasteiger partial charge in [0.05, 0.1) is 18.7 Å². The molecule has 0 spiro atoms. The Hall–Kier alpha value is -2.53. The quantitative estimate of drug-likeness (QED) is 0.380. The summed E-state index contributed by atoms with van der Waals surface area (Å²) in [7, 11) is 1.55. The van der Waals surface area contributed by atoms with Gasteiger partial charge in [-0.15, -0.1) is 0 Å². The first-order chi connectivity index (χ1) is 12.3. The average molecular weight is 390 g/mol. The van der Waals surface area contributed by atoms with Crippen molar-refractivity contribution in [3.05, 3.63) is 29.8 Å². The predicted molar refractivity (Wildman–Crippen MR) is 93.8 cm³/mol. The highest BCUT2D eigenvalue weighted by molar-refractivity contribution is 7.80. The Balaban J connectivity index is 2.43. The van der Waals surface area contributed by atoms with Gasteiger partial charge in [0.15, 0.2) is 5.11 Å². The smallest absolute Gasteiger partial charge is 0.387 e. The topological polar surface area (TPSA) is 101 Å². The minimum atomic E-state index is -3.06. The number of hydrazine groups is 1. The summed E-state index contributed by atoms with van der Waals surface area (Å²) in [6, 6.07) is 5.40. The molecule has 11 heteroatoms. The molecule has 0 unspecified atom stereocenters. The molecule has 0 bridgehead atoms. The maximum atomic E-state index is 12.3. The Morgan fingerprint density at radius 3 is 2.58 bits per heavy atom. The number of alkyl halides is 2. The van der Waals surface area contributed by atoms with Gasteiger partial charge in [-0.1, -0.05) is 12.1 Å². The van der Waals surface area contributed by atoms with Gasteiger partial charge in [0, 0.05) is 13.2 Å². The Labute approximate surface area is 154 Å². The number of hydrogen-bond donors (Lipinski definition) is 4. The summed E-state index contributed by atoms with van der Waals surface area (Å²) in [5.41, 5.74) is 4.64. The van der Waals surface area contributed by atoms with Gasteiger partial charge in [0.2, 0.25) is 0 Å². The molecular weight excluding hydrogens is 370 g/mol. The third-order valence-corrected chi connectivity index (χ3v) is 3.09. The Kier molecular flexibility index (Phi) is 9.23. The molecule has 8 nitrogen and oxygen atoms in total. The number of halogens is 2. The van der Waals surface area contributed by atoms with Crippen LogP contribution in [0.25, 0.3) is 0 Å². The maximum Gasteiger partial charge on any atom is 0.387 e. The molecule has 144 valence electrons. The number of benzene rings is 1. The molecule has 0 saturated heterocycles. The summed E-state index contributed by atoms with van der Waals surface area (Å²) in [6.07, 6.45) is 0. The van der Waals surface area contributed by atoms with Gasteiger partial charge < -0.3 is 20.1 Å². The van der Waals surface area contributed by atoms with Gasteiger partial charge in [-0.3, -0.25) is 20.4 Å². The normalized spacial score (nSPS) is 11.4. The SMILES string of the molecule is COC[C@H](C)NC(=S)NNC(=O)CNC(=O)c1ccccc1OC(F)F. The summed E-state index contributed by atoms with van der Waals surface area (Å²) in [5.74, 6) is -1.60. The van der Waals surface area contributed by atoms with E-state index in [2.05, 4.69) is 26.2 Å². The standard InChI is InChI=1S/C15H20F2N4O4S/c1-9(8-24-2)19-15(26)21-20-12(22)7-18-13(23)10-5-3-4-6-11(10)25-14(16)17/h3-6,9,14H,7-8H2,1-2H3,(H,18,23)(H,20,22)(H2,19,21,26)/t9-/m0/s1. The van der Waals surface area contributed by atoms with E-state index >= 15 is 0 Å². The second-order valence-corrected chi connectivity index (χ2v) is 5.47. The lowest BCUT2D eigenvalue weighted by Crippen LogP contribution is -2.52. The van der Waals surface area contributed by atoms with Gasteiger partial charge >= 0.3 is 6.61 Å². The molecule has 0 heterocycles. The number of carbonyl (C=O) groups is 2. The molecule has 0 saturated carbocycles. The van der Waals surface area contributed by atoms with Crippen molar-refractivity contribution in [1.82, 2.24) is 21.5 Å². The zero-order valence-corrected chi connectivity index (χ0v) is 15.0. The zero-order valence-electron chi connectivity index (χ0n) is 14.2. The van der Waals surface area contributed by atoms with Crippen LogP contribution in [0.3, 0.4) is 0 Å². The van der Waals surface area contributed by atoms with Crippen molar-refractivity contribution in [3.8, 4) is 5.75 Å². The molecule has 1 atom stereocenters. The van der Waals surface area contributed by atoms with Crippen molar-refractivity contribution in [2.24, 2.45) is 0 Å². The lowest BCUT2D eigenvalue weighted by molar-refractivity contribution is -0.120. The summed E-state index contributed by atoms with van der Waals surface area (Å²) in [4.78, 5) is 23.7. The second kappa shape index (κ2) is 11.2. The van der Waals surface area contributed by atoms with E-state index in [-0.39, 0.29) is 22.5 Å². The molecule has 2 amide bonds. The molecule has 1 aromatic rings. The minimum Gasteiger partial charge on any atom is -0.434 e. The molecular formula is C15H20F2N4O4S. The molecule has 0 aliphatic carbocycles. The molecule has 0 aliphatic heterocycles. The number of carbonyl (C=O) groups excluding carboxylic acids is 2. The number of amides is 2. The number of hydrogen-bond acceptors (Lipinski definition) is 5. The summed E-state index contributed by atoms with van der Waals surface area (Å²) in [6.45, 7) is -1.21. The van der Waals surface area contributed by atoms with Crippen LogP contribution in [0.1, 0.15) is 17.3 Å². The van der Waals surface area contributed by atoms with Crippen LogP contribution >= 0.6 is 12.2 Å². The van der Waals surface area contributed by atoms with E-state index in [0.29, 0.717) is 6.61 Å². The minimum absolute atomic E-state index is 0.0667. The van der Waals surface area contributed by atoms with Crippen molar-refractivity contribution in [2.75, 3.05) is 20.3 Å². The average Bonchev–Trinajstić information content (AvgIpc) is 2.58. The maximum absolute atomic E-state index is 12.3. The first-order valence-corrected chi connectivity index (χ1v) is 7.90. The van der Waals surface area contributed by atoms with Gasteiger partial charge in [-0.2, -0.15) is 8.78 Å². The van der Waals surface area contributed by atoms with Gasteiger partial charge in [0.1, 0.15) is 5.75 Å². The van der Waals surface area contributed by atoms with Crippen molar-refractivity contribution >= 4 is 29.1 Å². The number of rotatable bonds is 8. The fourth-order valence-electron chi connectivity index (χ4n) is 1.83. The third kappa shape index (κ3) is 8.03. The van der Waals surface area contributed by atoms with Crippen molar-refractivity contribution in [3.63, 3.8) is 0 Å². The third-order valence-electron chi connectivity index (χ3n) is 2.87. The van der Waals surface area contributed by atoms with Crippen molar-refractivity contribution in [2.45, 2.75) is 19.6 Å². The Bertz CT molecular complexity index is 633. The Morgan fingerprint density at radius 2 is 1.92 bits per heavy atom. The van der Waals surface area contributed by atoms with Crippen LogP contribution in [0.2, 0.25) is 0 Å². The van der Waals surface area contributed by atoms with E-state index in [1.165, 1.54) is 24.3 Å². The molecule has 0 aromatic heterocycles. The van der Waals surface area contributed by atoms with Crippen LogP contribution in [-0.4, -0.2) is 49.8 Å². The summed E-state index contributed by atoms with van der Waals surface area (Å²) >= 11 is 4.96. The van der Waals surface area contributed by atoms with Crippen LogP contribution in [0.15, 0.2) is 24.3 Å². The van der Waals surface area contributed by atoms with Crippen LogP contribution < -0.4 is 26.2 Å². The number of nitrogens with one attached hydrogen (secondary N) is 4. The fourth-order valence-corrected chi connectivity index (χ4v) is 2.08. The summed E-state index contributed by atoms with van der Waals surface area (Å²) in [5, 5.41) is 5.33. The van der Waals surface area contributed by atoms with Crippen molar-refractivity contribution < 1.29 is 27.8 Å². The zero-order chi connectivity index (χ0) is 19.5. The van der Waals surface area contributed by atoms with Gasteiger partial charge in [-0.25, -0.2) is 0 Å². The van der Waals surface area contributed by atoms with Crippen LogP contribution in [-0.2, 0) is 9.53 Å². The van der Waals surface area contributed by atoms with Crippen molar-refractivity contribution in [1.29, 1.82) is 0 Å². The van der Waals surface area contributed by atoms with Gasteiger partial charge in [0.25, 0.3) is 11.8 Å². The molecule has 1 aromatic carbocycles. The first kappa shape index (κ1) is 21.5. The lowest BCUT2D eigenvalue weighted by Gasteiger charge is -2.16. The fraction of sp³-hybridized carbons (Fsp3) is 0.400. The van der Waals surface area contributed by atoms with E-state index in [4.69, 9.17) is 17.0 Å². The second-order valence-electron chi connectivity index (χ2n) is 5.06.